The predicted molar refractivity (Wildman–Crippen MR) is 81.1 cm³/mol. The van der Waals surface area contributed by atoms with E-state index in [1.54, 1.807) is 6.07 Å². The molecule has 0 aliphatic carbocycles. The van der Waals surface area contributed by atoms with Crippen molar-refractivity contribution in [2.24, 2.45) is 5.73 Å². The van der Waals surface area contributed by atoms with E-state index >= 15 is 0 Å². The molecule has 3 rings (SSSR count). The zero-order valence-corrected chi connectivity index (χ0v) is 11.4. The minimum atomic E-state index is -0.604. The number of carbonyl (C=O) groups is 1. The summed E-state index contributed by atoms with van der Waals surface area (Å²) in [5.74, 6) is -0.604. The molecular weight excluding hydrogens is 266 g/mol. The third-order valence-electron chi connectivity index (χ3n) is 3.36. The number of hydrogen-bond donors (Lipinski definition) is 2. The van der Waals surface area contributed by atoms with Gasteiger partial charge in [-0.15, -0.1) is 0 Å². The van der Waals surface area contributed by atoms with Gasteiger partial charge in [-0.25, -0.2) is 4.98 Å². The van der Waals surface area contributed by atoms with Gasteiger partial charge in [-0.2, -0.15) is 0 Å². The monoisotopic (exact) mass is 279 g/mol. The van der Waals surface area contributed by atoms with E-state index in [1.807, 2.05) is 31.2 Å². The molecule has 3 N–H and O–H groups in total. The standard InChI is InChI=1S/C16H13N3O2/c1-9-3-2-4-10-5-7-12(18-14(9)10)15-11(16(17)21)6-8-13(20)19-15/h2-8H,1H3,(H2,17,21)(H,19,20). The maximum atomic E-state index is 11.5. The van der Waals surface area contributed by atoms with Gasteiger partial charge in [0.15, 0.2) is 0 Å². The van der Waals surface area contributed by atoms with Gasteiger partial charge >= 0.3 is 0 Å². The summed E-state index contributed by atoms with van der Waals surface area (Å²) in [6, 6.07) is 12.2. The van der Waals surface area contributed by atoms with E-state index in [9.17, 15) is 9.59 Å². The minimum absolute atomic E-state index is 0.245. The summed E-state index contributed by atoms with van der Waals surface area (Å²) in [6.45, 7) is 1.96. The van der Waals surface area contributed by atoms with Crippen LogP contribution in [-0.2, 0) is 0 Å². The van der Waals surface area contributed by atoms with E-state index in [0.717, 1.165) is 16.5 Å². The lowest BCUT2D eigenvalue weighted by atomic mass is 10.1. The van der Waals surface area contributed by atoms with Gasteiger partial charge in [-0.1, -0.05) is 24.3 Å². The first kappa shape index (κ1) is 13.1. The molecule has 0 bridgehead atoms. The van der Waals surface area contributed by atoms with Crippen LogP contribution in [0.5, 0.6) is 0 Å². The Bertz CT molecular complexity index is 913. The molecule has 21 heavy (non-hydrogen) atoms. The summed E-state index contributed by atoms with van der Waals surface area (Å²) in [5, 5.41) is 0.998. The Hall–Kier alpha value is -2.95. The van der Waals surface area contributed by atoms with Crippen LogP contribution in [0.1, 0.15) is 15.9 Å². The minimum Gasteiger partial charge on any atom is -0.366 e. The van der Waals surface area contributed by atoms with Crippen molar-refractivity contribution in [3.63, 3.8) is 0 Å². The maximum Gasteiger partial charge on any atom is 0.250 e. The fourth-order valence-electron chi connectivity index (χ4n) is 2.32. The van der Waals surface area contributed by atoms with Gasteiger partial charge in [-0.05, 0) is 24.6 Å². The van der Waals surface area contributed by atoms with E-state index in [4.69, 9.17) is 5.73 Å². The third kappa shape index (κ3) is 2.29. The average Bonchev–Trinajstić information content (AvgIpc) is 2.47. The topological polar surface area (TPSA) is 88.8 Å². The molecule has 0 saturated carbocycles. The first-order valence-corrected chi connectivity index (χ1v) is 6.46. The lowest BCUT2D eigenvalue weighted by Crippen LogP contribution is -2.17. The van der Waals surface area contributed by atoms with Crippen molar-refractivity contribution in [3.05, 3.63) is 63.9 Å². The van der Waals surface area contributed by atoms with Crippen LogP contribution in [-0.4, -0.2) is 15.9 Å². The van der Waals surface area contributed by atoms with Gasteiger partial charge in [0.1, 0.15) is 0 Å². The number of para-hydroxylation sites is 1. The molecule has 0 radical (unpaired) electrons. The number of aromatic amines is 1. The zero-order valence-electron chi connectivity index (χ0n) is 11.4. The highest BCUT2D eigenvalue weighted by molar-refractivity contribution is 5.98. The van der Waals surface area contributed by atoms with Crippen LogP contribution in [0.15, 0.2) is 47.3 Å². The number of amides is 1. The molecular formula is C16H13N3O2. The highest BCUT2D eigenvalue weighted by atomic mass is 16.1. The number of carbonyl (C=O) groups excluding carboxylic acids is 1. The second-order valence-corrected chi connectivity index (χ2v) is 4.82. The summed E-state index contributed by atoms with van der Waals surface area (Å²) in [4.78, 5) is 30.2. The quantitative estimate of drug-likeness (QED) is 0.751. The van der Waals surface area contributed by atoms with Crippen molar-refractivity contribution in [2.75, 3.05) is 0 Å². The molecule has 0 unspecified atom stereocenters. The molecule has 0 fully saturated rings. The summed E-state index contributed by atoms with van der Waals surface area (Å²) < 4.78 is 0. The van der Waals surface area contributed by atoms with E-state index in [2.05, 4.69) is 9.97 Å². The van der Waals surface area contributed by atoms with Crippen LogP contribution >= 0.6 is 0 Å². The fourth-order valence-corrected chi connectivity index (χ4v) is 2.32. The number of nitrogens with two attached hydrogens (primary N) is 1. The molecule has 3 aromatic rings. The number of fused-ring (bicyclic) bond motifs is 1. The number of pyridine rings is 2. The number of nitrogens with zero attached hydrogens (tertiary/aromatic N) is 1. The molecule has 0 spiro atoms. The first-order valence-electron chi connectivity index (χ1n) is 6.46. The van der Waals surface area contributed by atoms with Crippen LogP contribution < -0.4 is 11.3 Å². The van der Waals surface area contributed by atoms with Crippen molar-refractivity contribution >= 4 is 16.8 Å². The van der Waals surface area contributed by atoms with Crippen molar-refractivity contribution < 1.29 is 4.79 Å². The molecule has 5 heteroatoms. The fraction of sp³-hybridized carbons (Fsp3) is 0.0625. The van der Waals surface area contributed by atoms with Gasteiger partial charge in [0.2, 0.25) is 5.56 Å². The molecule has 0 aliphatic rings. The Morgan fingerprint density at radius 1 is 1.14 bits per heavy atom. The number of primary amides is 1. The Labute approximate surface area is 120 Å². The maximum absolute atomic E-state index is 11.5. The van der Waals surface area contributed by atoms with Crippen LogP contribution in [0.25, 0.3) is 22.3 Å². The lowest BCUT2D eigenvalue weighted by molar-refractivity contribution is 0.100. The van der Waals surface area contributed by atoms with Crippen LogP contribution in [0.3, 0.4) is 0 Å². The van der Waals surface area contributed by atoms with Crippen molar-refractivity contribution in [3.8, 4) is 11.4 Å². The predicted octanol–water partition coefficient (Wildman–Crippen LogP) is 2.00. The second-order valence-electron chi connectivity index (χ2n) is 4.82. The van der Waals surface area contributed by atoms with Gasteiger partial charge < -0.3 is 10.7 Å². The zero-order chi connectivity index (χ0) is 15.0. The van der Waals surface area contributed by atoms with Gasteiger partial charge in [0.25, 0.3) is 5.91 Å². The van der Waals surface area contributed by atoms with Crippen LogP contribution in [0.2, 0.25) is 0 Å². The molecule has 0 atom stereocenters. The number of H-pyrrole nitrogens is 1. The molecule has 2 heterocycles. The summed E-state index contributed by atoms with van der Waals surface area (Å²) in [7, 11) is 0. The third-order valence-corrected chi connectivity index (χ3v) is 3.36. The number of rotatable bonds is 2. The SMILES string of the molecule is Cc1cccc2ccc(-c3[nH]c(=O)ccc3C(N)=O)nc12. The molecule has 104 valence electrons. The van der Waals surface area contributed by atoms with Crippen molar-refractivity contribution in [1.29, 1.82) is 0 Å². The molecule has 5 nitrogen and oxygen atoms in total. The molecule has 1 aromatic carbocycles. The Morgan fingerprint density at radius 3 is 2.71 bits per heavy atom. The van der Waals surface area contributed by atoms with E-state index in [1.165, 1.54) is 12.1 Å². The van der Waals surface area contributed by atoms with E-state index in [0.29, 0.717) is 11.4 Å². The molecule has 1 amide bonds. The van der Waals surface area contributed by atoms with Gasteiger partial charge in [0.05, 0.1) is 22.5 Å². The number of hydrogen-bond acceptors (Lipinski definition) is 3. The lowest BCUT2D eigenvalue weighted by Gasteiger charge is -2.08. The van der Waals surface area contributed by atoms with Crippen LogP contribution in [0.4, 0.5) is 0 Å². The van der Waals surface area contributed by atoms with Gasteiger partial charge in [0, 0.05) is 11.5 Å². The Kier molecular flexibility index (Phi) is 3.02. The molecule has 0 aliphatic heterocycles. The van der Waals surface area contributed by atoms with E-state index < -0.39 is 5.91 Å². The normalized spacial score (nSPS) is 10.7. The molecule has 2 aromatic heterocycles. The number of nitrogens with one attached hydrogen (secondary N) is 1. The van der Waals surface area contributed by atoms with E-state index in [-0.39, 0.29) is 11.1 Å². The van der Waals surface area contributed by atoms with Crippen molar-refractivity contribution in [2.45, 2.75) is 6.92 Å². The highest BCUT2D eigenvalue weighted by Crippen LogP contribution is 2.23. The highest BCUT2D eigenvalue weighted by Gasteiger charge is 2.13. The Balaban J connectivity index is 2.30. The first-order chi connectivity index (χ1) is 10.1. The second kappa shape index (κ2) is 4.86. The summed E-state index contributed by atoms with van der Waals surface area (Å²) in [5.41, 5.74) is 8.01. The average molecular weight is 279 g/mol. The molecule has 0 saturated heterocycles. The van der Waals surface area contributed by atoms with Crippen molar-refractivity contribution in [1.82, 2.24) is 9.97 Å². The smallest absolute Gasteiger partial charge is 0.250 e. The number of aromatic nitrogens is 2. The number of benzene rings is 1. The Morgan fingerprint density at radius 2 is 1.95 bits per heavy atom. The number of aryl methyl sites for hydroxylation is 1. The van der Waals surface area contributed by atoms with Crippen LogP contribution in [0, 0.1) is 6.92 Å². The largest absolute Gasteiger partial charge is 0.366 e. The summed E-state index contributed by atoms with van der Waals surface area (Å²) >= 11 is 0. The van der Waals surface area contributed by atoms with Gasteiger partial charge in [-0.3, -0.25) is 9.59 Å². The summed E-state index contributed by atoms with van der Waals surface area (Å²) in [6.07, 6.45) is 0.